The molecule has 0 atom stereocenters. The summed E-state index contributed by atoms with van der Waals surface area (Å²) in [6.45, 7) is 2.21. The Morgan fingerprint density at radius 1 is 0.971 bits per heavy atom. The molecule has 0 aliphatic carbocycles. The number of amides is 1. The summed E-state index contributed by atoms with van der Waals surface area (Å²) in [5.41, 5.74) is 2.77. The third kappa shape index (κ3) is 6.07. The first-order valence-corrected chi connectivity index (χ1v) is 11.8. The van der Waals surface area contributed by atoms with Crippen molar-refractivity contribution in [2.24, 2.45) is 0 Å². The van der Waals surface area contributed by atoms with Crippen molar-refractivity contribution in [1.29, 1.82) is 0 Å². The minimum absolute atomic E-state index is 0.103. The fourth-order valence-electron chi connectivity index (χ4n) is 3.35. The van der Waals surface area contributed by atoms with Crippen LogP contribution in [0.1, 0.15) is 21.7 Å². The van der Waals surface area contributed by atoms with Gasteiger partial charge in [-0.2, -0.15) is 0 Å². The number of anilines is 1. The van der Waals surface area contributed by atoms with Crippen LogP contribution in [0.4, 0.5) is 5.69 Å². The lowest BCUT2D eigenvalue weighted by atomic mass is 10.2. The summed E-state index contributed by atoms with van der Waals surface area (Å²) in [7, 11) is 1.31. The highest BCUT2D eigenvalue weighted by Crippen LogP contribution is 2.24. The van der Waals surface area contributed by atoms with Crippen LogP contribution in [0.15, 0.2) is 84.0 Å². The molecule has 0 unspecified atom stereocenters. The number of carbonyl (C=O) groups is 2. The molecule has 1 heterocycles. The van der Waals surface area contributed by atoms with Gasteiger partial charge in [-0.1, -0.05) is 54.2 Å². The molecule has 0 bridgehead atoms. The molecule has 9 heteroatoms. The Labute approximate surface area is 207 Å². The lowest BCUT2D eigenvalue weighted by Gasteiger charge is -2.12. The summed E-state index contributed by atoms with van der Waals surface area (Å²) in [6, 6.07) is 24.0. The SMILES string of the molecule is COC(=O)c1cccc(NC(=O)CSc2nnc(COc3ccccc3C)n2-c2ccccc2)c1. The minimum atomic E-state index is -0.466. The number of hydrogen-bond donors (Lipinski definition) is 1. The van der Waals surface area contributed by atoms with Gasteiger partial charge in [-0.25, -0.2) is 4.79 Å². The van der Waals surface area contributed by atoms with Gasteiger partial charge in [0, 0.05) is 11.4 Å². The second-order valence-corrected chi connectivity index (χ2v) is 8.48. The van der Waals surface area contributed by atoms with Crippen LogP contribution in [-0.2, 0) is 16.1 Å². The van der Waals surface area contributed by atoms with Gasteiger partial charge in [0.2, 0.25) is 5.91 Å². The van der Waals surface area contributed by atoms with Crippen molar-refractivity contribution in [1.82, 2.24) is 14.8 Å². The van der Waals surface area contributed by atoms with Gasteiger partial charge in [-0.05, 0) is 48.9 Å². The molecule has 0 fully saturated rings. The van der Waals surface area contributed by atoms with E-state index in [0.717, 1.165) is 17.0 Å². The maximum atomic E-state index is 12.6. The zero-order valence-electron chi connectivity index (χ0n) is 19.3. The summed E-state index contributed by atoms with van der Waals surface area (Å²) in [4.78, 5) is 24.3. The molecule has 35 heavy (non-hydrogen) atoms. The first-order valence-electron chi connectivity index (χ1n) is 10.8. The summed E-state index contributed by atoms with van der Waals surface area (Å²) in [6.07, 6.45) is 0. The van der Waals surface area contributed by atoms with Crippen molar-refractivity contribution in [3.63, 3.8) is 0 Å². The van der Waals surface area contributed by atoms with E-state index in [9.17, 15) is 9.59 Å². The molecule has 8 nitrogen and oxygen atoms in total. The van der Waals surface area contributed by atoms with Gasteiger partial charge < -0.3 is 14.8 Å². The number of thioether (sulfide) groups is 1. The highest BCUT2D eigenvalue weighted by molar-refractivity contribution is 7.99. The Morgan fingerprint density at radius 3 is 2.51 bits per heavy atom. The van der Waals surface area contributed by atoms with Crippen LogP contribution >= 0.6 is 11.8 Å². The molecule has 0 spiro atoms. The predicted molar refractivity (Wildman–Crippen MR) is 134 cm³/mol. The summed E-state index contributed by atoms with van der Waals surface area (Å²) in [5, 5.41) is 12.0. The Morgan fingerprint density at radius 2 is 1.74 bits per heavy atom. The number of hydrogen-bond acceptors (Lipinski definition) is 7. The fraction of sp³-hybridized carbons (Fsp3) is 0.154. The van der Waals surface area contributed by atoms with Crippen LogP contribution in [0.3, 0.4) is 0 Å². The van der Waals surface area contributed by atoms with E-state index in [-0.39, 0.29) is 18.3 Å². The van der Waals surface area contributed by atoms with Gasteiger partial charge in [-0.3, -0.25) is 9.36 Å². The highest BCUT2D eigenvalue weighted by Gasteiger charge is 2.17. The number of nitrogens with zero attached hydrogens (tertiary/aromatic N) is 3. The molecule has 4 rings (SSSR count). The number of aryl methyl sites for hydroxylation is 1. The van der Waals surface area contributed by atoms with Crippen molar-refractivity contribution >= 4 is 29.3 Å². The van der Waals surface area contributed by atoms with Crippen molar-refractivity contribution < 1.29 is 19.1 Å². The number of para-hydroxylation sites is 2. The molecule has 4 aromatic rings. The lowest BCUT2D eigenvalue weighted by molar-refractivity contribution is -0.113. The Kier molecular flexibility index (Phi) is 7.79. The molecule has 178 valence electrons. The standard InChI is InChI=1S/C26H24N4O4S/c1-18-9-6-7-14-22(18)34-16-23-28-29-26(30(23)21-12-4-3-5-13-21)35-17-24(31)27-20-11-8-10-19(15-20)25(32)33-2/h3-15H,16-17H2,1-2H3,(H,27,31). The molecule has 0 radical (unpaired) electrons. The van der Waals surface area contributed by atoms with Gasteiger partial charge in [0.25, 0.3) is 0 Å². The molecule has 0 saturated carbocycles. The van der Waals surface area contributed by atoms with Crippen molar-refractivity contribution in [2.45, 2.75) is 18.7 Å². The number of methoxy groups -OCH3 is 1. The summed E-state index contributed by atoms with van der Waals surface area (Å²) >= 11 is 1.26. The monoisotopic (exact) mass is 488 g/mol. The van der Waals surface area contributed by atoms with E-state index in [1.54, 1.807) is 24.3 Å². The normalized spacial score (nSPS) is 10.6. The van der Waals surface area contributed by atoms with Crippen molar-refractivity contribution in [2.75, 3.05) is 18.2 Å². The van der Waals surface area contributed by atoms with Crippen LogP contribution in [0.5, 0.6) is 5.75 Å². The molecular weight excluding hydrogens is 464 g/mol. The molecule has 3 aromatic carbocycles. The van der Waals surface area contributed by atoms with Gasteiger partial charge in [0.15, 0.2) is 11.0 Å². The van der Waals surface area contributed by atoms with E-state index < -0.39 is 5.97 Å². The summed E-state index contributed by atoms with van der Waals surface area (Å²) < 4.78 is 12.6. The maximum Gasteiger partial charge on any atom is 0.337 e. The fourth-order valence-corrected chi connectivity index (χ4v) is 4.12. The van der Waals surface area contributed by atoms with E-state index in [1.807, 2.05) is 66.1 Å². The second-order valence-electron chi connectivity index (χ2n) is 7.53. The Bertz CT molecular complexity index is 1320. The number of benzene rings is 3. The van der Waals surface area contributed by atoms with Gasteiger partial charge in [0.05, 0.1) is 18.4 Å². The summed E-state index contributed by atoms with van der Waals surface area (Å²) in [5.74, 6) is 0.793. The average Bonchev–Trinajstić information content (AvgIpc) is 3.30. The maximum absolute atomic E-state index is 12.6. The van der Waals surface area contributed by atoms with E-state index in [4.69, 9.17) is 9.47 Å². The molecule has 1 aromatic heterocycles. The van der Waals surface area contributed by atoms with E-state index in [0.29, 0.717) is 22.2 Å². The van der Waals surface area contributed by atoms with E-state index in [2.05, 4.69) is 15.5 Å². The third-order valence-corrected chi connectivity index (χ3v) is 5.99. The molecule has 0 aliphatic heterocycles. The quantitative estimate of drug-likeness (QED) is 0.270. The largest absolute Gasteiger partial charge is 0.485 e. The zero-order chi connectivity index (χ0) is 24.6. The molecular formula is C26H24N4O4S. The molecule has 0 aliphatic rings. The molecule has 1 amide bonds. The minimum Gasteiger partial charge on any atom is -0.485 e. The van der Waals surface area contributed by atoms with Crippen LogP contribution < -0.4 is 10.1 Å². The highest BCUT2D eigenvalue weighted by atomic mass is 32.2. The van der Waals surface area contributed by atoms with Crippen LogP contribution in [0, 0.1) is 6.92 Å². The number of ether oxygens (including phenoxy) is 2. The first-order chi connectivity index (χ1) is 17.0. The number of aromatic nitrogens is 3. The second kappa shape index (κ2) is 11.3. The van der Waals surface area contributed by atoms with Crippen LogP contribution in [0.2, 0.25) is 0 Å². The number of carbonyl (C=O) groups excluding carboxylic acids is 2. The van der Waals surface area contributed by atoms with Crippen molar-refractivity contribution in [3.05, 3.63) is 95.8 Å². The van der Waals surface area contributed by atoms with Crippen LogP contribution in [0.25, 0.3) is 5.69 Å². The van der Waals surface area contributed by atoms with Crippen molar-refractivity contribution in [3.8, 4) is 11.4 Å². The number of rotatable bonds is 9. The average molecular weight is 489 g/mol. The van der Waals surface area contributed by atoms with Crippen LogP contribution in [-0.4, -0.2) is 39.5 Å². The first kappa shape index (κ1) is 24.0. The zero-order valence-corrected chi connectivity index (χ0v) is 20.1. The number of esters is 1. The van der Waals surface area contributed by atoms with Gasteiger partial charge >= 0.3 is 5.97 Å². The number of nitrogens with one attached hydrogen (secondary N) is 1. The van der Waals surface area contributed by atoms with Gasteiger partial charge in [0.1, 0.15) is 12.4 Å². The van der Waals surface area contributed by atoms with E-state index in [1.165, 1.54) is 18.9 Å². The molecule has 0 saturated heterocycles. The Hall–Kier alpha value is -4.11. The predicted octanol–water partition coefficient (Wildman–Crippen LogP) is 4.67. The lowest BCUT2D eigenvalue weighted by Crippen LogP contribution is -2.15. The van der Waals surface area contributed by atoms with Gasteiger partial charge in [-0.15, -0.1) is 10.2 Å². The topological polar surface area (TPSA) is 95.3 Å². The van der Waals surface area contributed by atoms with E-state index >= 15 is 0 Å². The smallest absolute Gasteiger partial charge is 0.337 e. The Balaban J connectivity index is 1.48. The third-order valence-electron chi connectivity index (χ3n) is 5.06. The molecule has 1 N–H and O–H groups in total.